The van der Waals surface area contributed by atoms with E-state index in [2.05, 4.69) is 9.72 Å². The molecule has 0 amide bonds. The monoisotopic (exact) mass is 235 g/mol. The Labute approximate surface area is 87.1 Å². The van der Waals surface area contributed by atoms with Gasteiger partial charge in [0.25, 0.3) is 0 Å². The molecule has 6 heteroatoms. The summed E-state index contributed by atoms with van der Waals surface area (Å²) in [5.41, 5.74) is 2.28. The van der Waals surface area contributed by atoms with Crippen LogP contribution in [-0.2, 0) is 0 Å². The number of fused-ring (bicyclic) bond motifs is 1. The van der Waals surface area contributed by atoms with Crippen molar-refractivity contribution in [3.8, 4) is 5.75 Å². The van der Waals surface area contributed by atoms with Crippen LogP contribution in [0.1, 0.15) is 0 Å². The molecule has 2 nitrogen and oxygen atoms in total. The van der Waals surface area contributed by atoms with Crippen molar-refractivity contribution in [1.29, 1.82) is 0 Å². The summed E-state index contributed by atoms with van der Waals surface area (Å²) in [5, 5.41) is 0.185. The summed E-state index contributed by atoms with van der Waals surface area (Å²) >= 11 is 7.13. The molecule has 0 saturated carbocycles. The smallest absolute Gasteiger partial charge is 0.387 e. The molecule has 0 bridgehead atoms. The molecule has 0 unspecified atom stereocenters. The third-order valence-electron chi connectivity index (χ3n) is 1.62. The number of nitrogens with zero attached hydrogens (tertiary/aromatic N) is 1. The first-order valence-electron chi connectivity index (χ1n) is 3.65. The standard InChI is InChI=1S/C8H4ClF2NOS/c9-6-5(13-8(10)11)2-1-4-7(6)14-3-12-4/h1-3,8H. The minimum absolute atomic E-state index is 0.0154. The van der Waals surface area contributed by atoms with Crippen LogP contribution in [0.2, 0.25) is 5.02 Å². The second kappa shape index (κ2) is 3.67. The molecule has 14 heavy (non-hydrogen) atoms. The maximum atomic E-state index is 11.9. The first-order chi connectivity index (χ1) is 6.68. The highest BCUT2D eigenvalue weighted by Crippen LogP contribution is 2.35. The summed E-state index contributed by atoms with van der Waals surface area (Å²) in [6.45, 7) is -2.86. The Morgan fingerprint density at radius 3 is 2.93 bits per heavy atom. The van der Waals surface area contributed by atoms with Crippen LogP contribution in [-0.4, -0.2) is 11.6 Å². The van der Waals surface area contributed by atoms with Crippen LogP contribution in [0.3, 0.4) is 0 Å². The summed E-state index contributed by atoms with van der Waals surface area (Å²) in [5.74, 6) is -0.0154. The van der Waals surface area contributed by atoms with Crippen LogP contribution in [0.5, 0.6) is 5.75 Å². The lowest BCUT2D eigenvalue weighted by molar-refractivity contribution is -0.0496. The van der Waals surface area contributed by atoms with Gasteiger partial charge >= 0.3 is 6.61 Å². The number of hydrogen-bond acceptors (Lipinski definition) is 3. The molecule has 1 aromatic carbocycles. The van der Waals surface area contributed by atoms with E-state index in [0.29, 0.717) is 10.2 Å². The molecule has 0 spiro atoms. The van der Waals surface area contributed by atoms with E-state index in [0.717, 1.165) is 0 Å². The van der Waals surface area contributed by atoms with Gasteiger partial charge in [0.15, 0.2) is 0 Å². The normalized spacial score (nSPS) is 11.1. The minimum atomic E-state index is -2.86. The van der Waals surface area contributed by atoms with Gasteiger partial charge in [-0.1, -0.05) is 11.6 Å². The second-order valence-electron chi connectivity index (χ2n) is 2.46. The molecule has 0 aliphatic heterocycles. The Morgan fingerprint density at radius 2 is 2.21 bits per heavy atom. The van der Waals surface area contributed by atoms with E-state index in [1.165, 1.54) is 17.4 Å². The van der Waals surface area contributed by atoms with E-state index in [9.17, 15) is 8.78 Å². The van der Waals surface area contributed by atoms with Crippen LogP contribution in [0, 0.1) is 0 Å². The van der Waals surface area contributed by atoms with Gasteiger partial charge in [-0.2, -0.15) is 8.78 Å². The largest absolute Gasteiger partial charge is 0.433 e. The van der Waals surface area contributed by atoms with E-state index in [4.69, 9.17) is 11.6 Å². The lowest BCUT2D eigenvalue weighted by atomic mass is 10.3. The first kappa shape index (κ1) is 9.61. The third kappa shape index (κ3) is 1.65. The zero-order chi connectivity index (χ0) is 10.1. The molecule has 1 heterocycles. The molecule has 2 aromatic rings. The van der Waals surface area contributed by atoms with Gasteiger partial charge in [-0.25, -0.2) is 4.98 Å². The lowest BCUT2D eigenvalue weighted by Crippen LogP contribution is -2.02. The number of ether oxygens (including phenoxy) is 1. The van der Waals surface area contributed by atoms with Gasteiger partial charge in [0.1, 0.15) is 10.8 Å². The summed E-state index contributed by atoms with van der Waals surface area (Å²) in [4.78, 5) is 3.99. The predicted octanol–water partition coefficient (Wildman–Crippen LogP) is 3.55. The molecular weight excluding hydrogens is 232 g/mol. The van der Waals surface area contributed by atoms with E-state index in [1.54, 1.807) is 11.6 Å². The number of aromatic nitrogens is 1. The number of halogens is 3. The molecule has 0 fully saturated rings. The van der Waals surface area contributed by atoms with Gasteiger partial charge in [0.2, 0.25) is 0 Å². The Hall–Kier alpha value is -0.940. The molecule has 0 N–H and O–H groups in total. The van der Waals surface area contributed by atoms with E-state index in [1.807, 2.05) is 0 Å². The van der Waals surface area contributed by atoms with Crippen LogP contribution >= 0.6 is 22.9 Å². The Balaban J connectivity index is 2.51. The van der Waals surface area contributed by atoms with E-state index >= 15 is 0 Å². The quantitative estimate of drug-likeness (QED) is 0.794. The fourth-order valence-corrected chi connectivity index (χ4v) is 2.12. The van der Waals surface area contributed by atoms with Crippen molar-refractivity contribution in [1.82, 2.24) is 4.98 Å². The fraction of sp³-hybridized carbons (Fsp3) is 0.125. The molecule has 0 atom stereocenters. The fourth-order valence-electron chi connectivity index (χ4n) is 1.06. The van der Waals surface area contributed by atoms with Gasteiger partial charge in [-0.3, -0.25) is 0 Å². The molecule has 0 aliphatic carbocycles. The highest BCUT2D eigenvalue weighted by molar-refractivity contribution is 7.17. The van der Waals surface area contributed by atoms with Gasteiger partial charge in [-0.15, -0.1) is 11.3 Å². The lowest BCUT2D eigenvalue weighted by Gasteiger charge is -2.05. The maximum Gasteiger partial charge on any atom is 0.387 e. The van der Waals surface area contributed by atoms with Crippen molar-refractivity contribution in [2.75, 3.05) is 0 Å². The molecule has 0 saturated heterocycles. The average molecular weight is 236 g/mol. The highest BCUT2D eigenvalue weighted by Gasteiger charge is 2.12. The number of benzene rings is 1. The number of thiazole rings is 1. The van der Waals surface area contributed by atoms with Crippen LogP contribution in [0.15, 0.2) is 17.6 Å². The molecule has 0 radical (unpaired) electrons. The predicted molar refractivity (Wildman–Crippen MR) is 51.3 cm³/mol. The van der Waals surface area contributed by atoms with Crippen LogP contribution < -0.4 is 4.74 Å². The summed E-state index contributed by atoms with van der Waals surface area (Å²) < 4.78 is 28.8. The van der Waals surface area contributed by atoms with Crippen LogP contribution in [0.25, 0.3) is 10.2 Å². The Morgan fingerprint density at radius 1 is 1.43 bits per heavy atom. The summed E-state index contributed by atoms with van der Waals surface area (Å²) in [7, 11) is 0. The van der Waals surface area contributed by atoms with Gasteiger partial charge in [0, 0.05) is 0 Å². The highest BCUT2D eigenvalue weighted by atomic mass is 35.5. The van der Waals surface area contributed by atoms with Crippen molar-refractivity contribution >= 4 is 33.2 Å². The summed E-state index contributed by atoms with van der Waals surface area (Å²) in [6.07, 6.45) is 0. The SMILES string of the molecule is FC(F)Oc1ccc2ncsc2c1Cl. The van der Waals surface area contributed by atoms with Crippen molar-refractivity contribution in [3.05, 3.63) is 22.7 Å². The second-order valence-corrected chi connectivity index (χ2v) is 3.69. The molecular formula is C8H4ClF2NOS. The van der Waals surface area contributed by atoms with Gasteiger partial charge in [-0.05, 0) is 12.1 Å². The minimum Gasteiger partial charge on any atom is -0.433 e. The topological polar surface area (TPSA) is 22.1 Å². The van der Waals surface area contributed by atoms with Crippen LogP contribution in [0.4, 0.5) is 8.78 Å². The van der Waals surface area contributed by atoms with Crippen molar-refractivity contribution < 1.29 is 13.5 Å². The Kier molecular flexibility index (Phi) is 2.52. The maximum absolute atomic E-state index is 11.9. The first-order valence-corrected chi connectivity index (χ1v) is 4.91. The third-order valence-corrected chi connectivity index (χ3v) is 2.97. The zero-order valence-electron chi connectivity index (χ0n) is 6.71. The van der Waals surface area contributed by atoms with E-state index < -0.39 is 6.61 Å². The van der Waals surface area contributed by atoms with Crippen molar-refractivity contribution in [3.63, 3.8) is 0 Å². The molecule has 0 aliphatic rings. The number of alkyl halides is 2. The number of rotatable bonds is 2. The van der Waals surface area contributed by atoms with Gasteiger partial charge in [0.05, 0.1) is 15.7 Å². The van der Waals surface area contributed by atoms with Gasteiger partial charge < -0.3 is 4.74 Å². The number of hydrogen-bond donors (Lipinski definition) is 0. The van der Waals surface area contributed by atoms with E-state index in [-0.39, 0.29) is 10.8 Å². The average Bonchev–Trinajstić information content (AvgIpc) is 2.57. The van der Waals surface area contributed by atoms with Crippen molar-refractivity contribution in [2.45, 2.75) is 6.61 Å². The molecule has 2 rings (SSSR count). The van der Waals surface area contributed by atoms with Crippen molar-refractivity contribution in [2.24, 2.45) is 0 Å². The zero-order valence-corrected chi connectivity index (χ0v) is 8.28. The molecule has 74 valence electrons. The Bertz CT molecular complexity index is 460. The summed E-state index contributed by atoms with van der Waals surface area (Å²) in [6, 6.07) is 2.98. The molecule has 1 aromatic heterocycles.